The second-order valence-electron chi connectivity index (χ2n) is 6.12. The molecule has 1 aliphatic heterocycles. The highest BCUT2D eigenvalue weighted by Crippen LogP contribution is 2.16. The van der Waals surface area contributed by atoms with Gasteiger partial charge in [0.1, 0.15) is 6.42 Å². The number of amides is 2. The summed E-state index contributed by atoms with van der Waals surface area (Å²) >= 11 is 0. The van der Waals surface area contributed by atoms with Gasteiger partial charge in [-0.05, 0) is 43.0 Å². The van der Waals surface area contributed by atoms with E-state index in [4.69, 9.17) is 10.00 Å². The minimum Gasteiger partial charge on any atom is -0.452 e. The Bertz CT molecular complexity index is 679. The molecule has 132 valence electrons. The molecule has 25 heavy (non-hydrogen) atoms. The van der Waals surface area contributed by atoms with Gasteiger partial charge in [0.2, 0.25) is 5.91 Å². The molecule has 1 saturated heterocycles. The lowest BCUT2D eigenvalue weighted by Gasteiger charge is -2.30. The molecule has 0 radical (unpaired) electrons. The van der Waals surface area contributed by atoms with E-state index in [9.17, 15) is 14.4 Å². The van der Waals surface area contributed by atoms with Gasteiger partial charge in [-0.3, -0.25) is 9.59 Å². The number of nitriles is 1. The summed E-state index contributed by atoms with van der Waals surface area (Å²) in [6.45, 7) is 3.24. The monoisotopic (exact) mass is 343 g/mol. The number of anilines is 1. The lowest BCUT2D eigenvalue weighted by molar-refractivity contribution is -0.136. The van der Waals surface area contributed by atoms with Crippen LogP contribution in [0.3, 0.4) is 0 Å². The number of benzene rings is 1. The first kappa shape index (κ1) is 18.5. The van der Waals surface area contributed by atoms with Crippen LogP contribution in [0.1, 0.15) is 36.5 Å². The van der Waals surface area contributed by atoms with Crippen LogP contribution in [-0.2, 0) is 14.3 Å². The quantitative estimate of drug-likeness (QED) is 0.824. The molecule has 1 N–H and O–H groups in total. The number of nitrogens with one attached hydrogen (secondary N) is 1. The van der Waals surface area contributed by atoms with Crippen molar-refractivity contribution in [2.24, 2.45) is 5.92 Å². The molecule has 0 aliphatic carbocycles. The molecule has 1 atom stereocenters. The Hall–Kier alpha value is -2.88. The molecule has 0 bridgehead atoms. The first-order valence-electron chi connectivity index (χ1n) is 8.21. The van der Waals surface area contributed by atoms with Crippen molar-refractivity contribution in [2.75, 3.05) is 25.0 Å². The van der Waals surface area contributed by atoms with Gasteiger partial charge in [0.05, 0.1) is 11.6 Å². The van der Waals surface area contributed by atoms with Crippen LogP contribution in [0.25, 0.3) is 0 Å². The van der Waals surface area contributed by atoms with E-state index in [2.05, 4.69) is 12.2 Å². The molecule has 1 aliphatic rings. The molecular formula is C18H21N3O4. The fourth-order valence-corrected chi connectivity index (χ4v) is 2.68. The third kappa shape index (κ3) is 5.60. The number of nitrogens with zero attached hydrogens (tertiary/aromatic N) is 2. The van der Waals surface area contributed by atoms with Crippen molar-refractivity contribution in [1.82, 2.24) is 4.90 Å². The smallest absolute Gasteiger partial charge is 0.338 e. The second-order valence-corrected chi connectivity index (χ2v) is 6.12. The summed E-state index contributed by atoms with van der Waals surface area (Å²) in [5, 5.41) is 11.0. The van der Waals surface area contributed by atoms with Crippen LogP contribution in [0.15, 0.2) is 24.3 Å². The Morgan fingerprint density at radius 1 is 1.32 bits per heavy atom. The summed E-state index contributed by atoms with van der Waals surface area (Å²) in [7, 11) is 0. The lowest BCUT2D eigenvalue weighted by Crippen LogP contribution is -2.41. The van der Waals surface area contributed by atoms with E-state index in [1.54, 1.807) is 23.1 Å². The molecule has 0 unspecified atom stereocenters. The molecular weight excluding hydrogens is 322 g/mol. The highest BCUT2D eigenvalue weighted by atomic mass is 16.5. The molecule has 0 spiro atoms. The van der Waals surface area contributed by atoms with E-state index in [0.717, 1.165) is 12.8 Å². The van der Waals surface area contributed by atoms with E-state index < -0.39 is 11.9 Å². The Kier molecular flexibility index (Phi) is 6.52. The van der Waals surface area contributed by atoms with Crippen molar-refractivity contribution in [3.05, 3.63) is 29.8 Å². The maximum atomic E-state index is 12.1. The van der Waals surface area contributed by atoms with E-state index in [-0.39, 0.29) is 24.5 Å². The number of piperidine rings is 1. The van der Waals surface area contributed by atoms with Gasteiger partial charge in [0, 0.05) is 18.8 Å². The van der Waals surface area contributed by atoms with Crippen molar-refractivity contribution in [1.29, 1.82) is 5.26 Å². The summed E-state index contributed by atoms with van der Waals surface area (Å²) in [6.07, 6.45) is 1.85. The van der Waals surface area contributed by atoms with E-state index in [0.29, 0.717) is 24.7 Å². The van der Waals surface area contributed by atoms with Crippen molar-refractivity contribution < 1.29 is 19.1 Å². The topological polar surface area (TPSA) is 99.5 Å². The number of ether oxygens (including phenoxy) is 1. The van der Waals surface area contributed by atoms with Crippen LogP contribution >= 0.6 is 0 Å². The number of rotatable bonds is 5. The molecule has 0 aromatic heterocycles. The Balaban J connectivity index is 1.83. The number of hydrogen-bond acceptors (Lipinski definition) is 5. The summed E-state index contributed by atoms with van der Waals surface area (Å²) in [6, 6.07) is 7.83. The number of hydrogen-bond donors (Lipinski definition) is 1. The van der Waals surface area contributed by atoms with E-state index in [1.807, 2.05) is 0 Å². The molecule has 1 aromatic rings. The highest BCUT2D eigenvalue weighted by Gasteiger charge is 2.22. The standard InChI is InChI=1S/C18H21N3O4/c1-13-3-2-10-21(11-13)17(23)12-25-18(24)14-4-6-15(7-5-14)20-16(22)8-9-19/h4-7,13H,2-3,8,10-12H2,1H3,(H,20,22)/t13-/m1/s1. The molecule has 7 heteroatoms. The molecule has 1 aromatic carbocycles. The summed E-state index contributed by atoms with van der Waals surface area (Å²) in [4.78, 5) is 37.1. The maximum absolute atomic E-state index is 12.1. The second kappa shape index (κ2) is 8.83. The molecule has 0 saturated carbocycles. The number of likely N-dealkylation sites (tertiary alicyclic amines) is 1. The van der Waals surface area contributed by atoms with Crippen LogP contribution in [0.5, 0.6) is 0 Å². The maximum Gasteiger partial charge on any atom is 0.338 e. The van der Waals surface area contributed by atoms with Gasteiger partial charge in [-0.2, -0.15) is 5.26 Å². The van der Waals surface area contributed by atoms with Gasteiger partial charge in [-0.1, -0.05) is 6.92 Å². The first-order valence-corrected chi connectivity index (χ1v) is 8.21. The normalized spacial score (nSPS) is 16.6. The zero-order valence-electron chi connectivity index (χ0n) is 14.2. The van der Waals surface area contributed by atoms with Gasteiger partial charge in [0.25, 0.3) is 5.91 Å². The summed E-state index contributed by atoms with van der Waals surface area (Å²) in [5.41, 5.74) is 0.772. The zero-order chi connectivity index (χ0) is 18.2. The fourth-order valence-electron chi connectivity index (χ4n) is 2.68. The zero-order valence-corrected chi connectivity index (χ0v) is 14.2. The number of carbonyl (C=O) groups excluding carboxylic acids is 3. The van der Waals surface area contributed by atoms with Gasteiger partial charge < -0.3 is 15.0 Å². The molecule has 7 nitrogen and oxygen atoms in total. The minimum absolute atomic E-state index is 0.180. The average Bonchev–Trinajstić information content (AvgIpc) is 2.60. The van der Waals surface area contributed by atoms with Crippen molar-refractivity contribution >= 4 is 23.5 Å². The van der Waals surface area contributed by atoms with Gasteiger partial charge >= 0.3 is 5.97 Å². The van der Waals surface area contributed by atoms with Gasteiger partial charge in [-0.15, -0.1) is 0 Å². The first-order chi connectivity index (χ1) is 12.0. The lowest BCUT2D eigenvalue weighted by atomic mass is 10.0. The Morgan fingerprint density at radius 2 is 2.04 bits per heavy atom. The van der Waals surface area contributed by atoms with Crippen LogP contribution < -0.4 is 5.32 Å². The summed E-state index contributed by atoms with van der Waals surface area (Å²) < 4.78 is 5.08. The van der Waals surface area contributed by atoms with Crippen LogP contribution in [-0.4, -0.2) is 42.4 Å². The molecule has 1 fully saturated rings. The Labute approximate surface area is 146 Å². The van der Waals surface area contributed by atoms with Gasteiger partial charge in [-0.25, -0.2) is 4.79 Å². The average molecular weight is 343 g/mol. The predicted molar refractivity (Wildman–Crippen MR) is 90.6 cm³/mol. The fraction of sp³-hybridized carbons (Fsp3) is 0.444. The number of esters is 1. The Morgan fingerprint density at radius 3 is 2.68 bits per heavy atom. The SMILES string of the molecule is C[C@@H]1CCCN(C(=O)COC(=O)c2ccc(NC(=O)CC#N)cc2)C1. The predicted octanol–water partition coefficient (Wildman–Crippen LogP) is 1.95. The van der Waals surface area contributed by atoms with Crippen LogP contribution in [0.4, 0.5) is 5.69 Å². The third-order valence-corrected chi connectivity index (χ3v) is 3.98. The van der Waals surface area contributed by atoms with Crippen molar-refractivity contribution in [3.8, 4) is 6.07 Å². The van der Waals surface area contributed by atoms with E-state index in [1.165, 1.54) is 12.1 Å². The minimum atomic E-state index is -0.590. The molecule has 2 rings (SSSR count). The third-order valence-electron chi connectivity index (χ3n) is 3.98. The van der Waals surface area contributed by atoms with E-state index >= 15 is 0 Å². The summed E-state index contributed by atoms with van der Waals surface area (Å²) in [5.74, 6) is -0.718. The van der Waals surface area contributed by atoms with Crippen LogP contribution in [0, 0.1) is 17.2 Å². The largest absolute Gasteiger partial charge is 0.452 e. The van der Waals surface area contributed by atoms with Crippen molar-refractivity contribution in [2.45, 2.75) is 26.2 Å². The van der Waals surface area contributed by atoms with Crippen LogP contribution in [0.2, 0.25) is 0 Å². The van der Waals surface area contributed by atoms with Gasteiger partial charge in [0.15, 0.2) is 6.61 Å². The molecule has 1 heterocycles. The van der Waals surface area contributed by atoms with Crippen molar-refractivity contribution in [3.63, 3.8) is 0 Å². The molecule has 2 amide bonds. The highest BCUT2D eigenvalue weighted by molar-refractivity contribution is 5.94. The number of carbonyl (C=O) groups is 3.